The van der Waals surface area contributed by atoms with Gasteiger partial charge in [0.1, 0.15) is 6.54 Å². The van der Waals surface area contributed by atoms with Crippen molar-refractivity contribution in [3.63, 3.8) is 0 Å². The first-order valence-electron chi connectivity index (χ1n) is 7.73. The number of rotatable bonds is 3. The number of alkyl halides is 3. The molecule has 1 aliphatic heterocycles. The molecule has 0 aliphatic carbocycles. The third-order valence-corrected chi connectivity index (χ3v) is 4.25. The van der Waals surface area contributed by atoms with Gasteiger partial charge in [0.05, 0.1) is 11.6 Å². The Bertz CT molecular complexity index is 588. The van der Waals surface area contributed by atoms with Crippen LogP contribution in [-0.2, 0) is 11.3 Å². The maximum Gasteiger partial charge on any atom is 0.408 e. The fraction of sp³-hybridized carbons (Fsp3) is 0.733. The normalized spacial score (nSPS) is 19.8. The molecule has 2 atom stereocenters. The SMILES string of the molecule is Cc1nn(CC(F)(F)F)c(C)c1C(C)C(=O)N1CCN[C@H](C)C1.Cl. The summed E-state index contributed by atoms with van der Waals surface area (Å²) >= 11 is 0. The zero-order valence-corrected chi connectivity index (χ0v) is 15.1. The molecule has 2 rings (SSSR count). The van der Waals surface area contributed by atoms with Crippen molar-refractivity contribution in [1.82, 2.24) is 20.0 Å². The van der Waals surface area contributed by atoms with Crippen molar-refractivity contribution >= 4 is 18.3 Å². The molecule has 0 spiro atoms. The second kappa shape index (κ2) is 7.74. The highest BCUT2D eigenvalue weighted by atomic mass is 35.5. The number of carbonyl (C=O) groups excluding carboxylic acids is 1. The van der Waals surface area contributed by atoms with E-state index in [-0.39, 0.29) is 24.4 Å². The smallest absolute Gasteiger partial charge is 0.339 e. The van der Waals surface area contributed by atoms with E-state index in [1.165, 1.54) is 0 Å². The van der Waals surface area contributed by atoms with E-state index in [0.717, 1.165) is 11.2 Å². The number of hydrogen-bond acceptors (Lipinski definition) is 3. The molecular formula is C15H24ClF3N4O. The van der Waals surface area contributed by atoms with E-state index in [1.54, 1.807) is 25.7 Å². The fourth-order valence-corrected chi connectivity index (χ4v) is 3.19. The molecule has 1 amide bonds. The average Bonchev–Trinajstić information content (AvgIpc) is 2.70. The minimum absolute atomic E-state index is 0. The van der Waals surface area contributed by atoms with Gasteiger partial charge >= 0.3 is 6.18 Å². The molecule has 1 aromatic rings. The van der Waals surface area contributed by atoms with Gasteiger partial charge in [-0.3, -0.25) is 9.48 Å². The van der Waals surface area contributed by atoms with Crippen LogP contribution in [-0.4, -0.2) is 52.4 Å². The zero-order valence-electron chi connectivity index (χ0n) is 14.3. The van der Waals surface area contributed by atoms with Gasteiger partial charge in [-0.25, -0.2) is 0 Å². The molecule has 1 aliphatic rings. The van der Waals surface area contributed by atoms with Gasteiger partial charge in [-0.05, 0) is 27.7 Å². The molecule has 0 radical (unpaired) electrons. The molecule has 0 bridgehead atoms. The number of carbonyl (C=O) groups is 1. The summed E-state index contributed by atoms with van der Waals surface area (Å²) in [6.45, 7) is 7.80. The van der Waals surface area contributed by atoms with Gasteiger partial charge in [-0.1, -0.05) is 0 Å². The van der Waals surface area contributed by atoms with Crippen LogP contribution in [0, 0.1) is 13.8 Å². The highest BCUT2D eigenvalue weighted by molar-refractivity contribution is 5.85. The molecule has 24 heavy (non-hydrogen) atoms. The first kappa shape index (κ1) is 20.8. The quantitative estimate of drug-likeness (QED) is 0.891. The van der Waals surface area contributed by atoms with Crippen LogP contribution in [0.4, 0.5) is 13.2 Å². The molecule has 1 saturated heterocycles. The van der Waals surface area contributed by atoms with E-state index in [2.05, 4.69) is 10.4 Å². The van der Waals surface area contributed by atoms with Gasteiger partial charge in [0.2, 0.25) is 5.91 Å². The van der Waals surface area contributed by atoms with Crippen molar-refractivity contribution in [2.75, 3.05) is 19.6 Å². The lowest BCUT2D eigenvalue weighted by Crippen LogP contribution is -2.52. The molecule has 1 fully saturated rings. The molecule has 0 saturated carbocycles. The Hall–Kier alpha value is -1.28. The van der Waals surface area contributed by atoms with Gasteiger partial charge in [0.25, 0.3) is 0 Å². The number of hydrogen-bond donors (Lipinski definition) is 1. The topological polar surface area (TPSA) is 50.2 Å². The molecule has 9 heteroatoms. The molecule has 1 N–H and O–H groups in total. The summed E-state index contributed by atoms with van der Waals surface area (Å²) in [4.78, 5) is 14.5. The van der Waals surface area contributed by atoms with Crippen molar-refractivity contribution in [2.24, 2.45) is 0 Å². The van der Waals surface area contributed by atoms with Crippen molar-refractivity contribution in [3.05, 3.63) is 17.0 Å². The molecular weight excluding hydrogens is 345 g/mol. The van der Waals surface area contributed by atoms with Gasteiger partial charge < -0.3 is 10.2 Å². The molecule has 0 aromatic carbocycles. The van der Waals surface area contributed by atoms with Crippen LogP contribution in [0.1, 0.15) is 36.7 Å². The van der Waals surface area contributed by atoms with Crippen LogP contribution < -0.4 is 5.32 Å². The van der Waals surface area contributed by atoms with Crippen LogP contribution in [0.25, 0.3) is 0 Å². The number of piperazine rings is 1. The predicted molar refractivity (Wildman–Crippen MR) is 87.5 cm³/mol. The van der Waals surface area contributed by atoms with E-state index in [1.807, 2.05) is 6.92 Å². The van der Waals surface area contributed by atoms with E-state index >= 15 is 0 Å². The maximum absolute atomic E-state index is 12.7. The summed E-state index contributed by atoms with van der Waals surface area (Å²) < 4.78 is 38.8. The number of nitrogens with one attached hydrogen (secondary N) is 1. The lowest BCUT2D eigenvalue weighted by molar-refractivity contribution is -0.143. The zero-order chi connectivity index (χ0) is 17.4. The second-order valence-electron chi connectivity index (χ2n) is 6.22. The lowest BCUT2D eigenvalue weighted by atomic mass is 9.97. The third kappa shape index (κ3) is 4.63. The van der Waals surface area contributed by atoms with Crippen molar-refractivity contribution < 1.29 is 18.0 Å². The Morgan fingerprint density at radius 2 is 2.04 bits per heavy atom. The molecule has 1 unspecified atom stereocenters. The summed E-state index contributed by atoms with van der Waals surface area (Å²) in [6, 6.07) is 0.218. The molecule has 2 heterocycles. The lowest BCUT2D eigenvalue weighted by Gasteiger charge is -2.33. The van der Waals surface area contributed by atoms with Crippen LogP contribution in [0.5, 0.6) is 0 Å². The highest BCUT2D eigenvalue weighted by Crippen LogP contribution is 2.27. The van der Waals surface area contributed by atoms with Crippen molar-refractivity contribution in [2.45, 2.75) is 52.4 Å². The molecule has 138 valence electrons. The first-order valence-corrected chi connectivity index (χ1v) is 7.73. The second-order valence-corrected chi connectivity index (χ2v) is 6.22. The number of aryl methyl sites for hydroxylation is 1. The minimum atomic E-state index is -4.33. The first-order chi connectivity index (χ1) is 10.6. The average molecular weight is 369 g/mol. The van der Waals surface area contributed by atoms with Crippen LogP contribution in [0.15, 0.2) is 0 Å². The van der Waals surface area contributed by atoms with E-state index in [4.69, 9.17) is 0 Å². The van der Waals surface area contributed by atoms with Gasteiger partial charge in [0, 0.05) is 36.9 Å². The summed E-state index contributed by atoms with van der Waals surface area (Å²) in [5, 5.41) is 7.24. The monoisotopic (exact) mass is 368 g/mol. The van der Waals surface area contributed by atoms with E-state index in [9.17, 15) is 18.0 Å². The van der Waals surface area contributed by atoms with E-state index in [0.29, 0.717) is 30.0 Å². The van der Waals surface area contributed by atoms with Crippen molar-refractivity contribution in [3.8, 4) is 0 Å². The summed E-state index contributed by atoms with van der Waals surface area (Å²) in [5.74, 6) is -0.557. The molecule has 5 nitrogen and oxygen atoms in total. The van der Waals surface area contributed by atoms with E-state index < -0.39 is 18.6 Å². The van der Waals surface area contributed by atoms with Crippen LogP contribution in [0.3, 0.4) is 0 Å². The maximum atomic E-state index is 12.7. The summed E-state index contributed by atoms with van der Waals surface area (Å²) in [7, 11) is 0. The molecule has 1 aromatic heterocycles. The Balaban J connectivity index is 0.00000288. The largest absolute Gasteiger partial charge is 0.408 e. The number of amides is 1. The van der Waals surface area contributed by atoms with Crippen LogP contribution >= 0.6 is 12.4 Å². The number of aromatic nitrogens is 2. The van der Waals surface area contributed by atoms with Gasteiger partial charge in [-0.15, -0.1) is 12.4 Å². The standard InChI is InChI=1S/C15H23F3N4O.ClH/c1-9-7-21(6-5-19-9)14(23)10(2)13-11(3)20-22(12(13)4)8-15(16,17)18;/h9-10,19H,5-8H2,1-4H3;1H/t9-,10?;/m1./s1. The fourth-order valence-electron chi connectivity index (χ4n) is 3.19. The Kier molecular flexibility index (Phi) is 6.69. The highest BCUT2D eigenvalue weighted by Gasteiger charge is 2.33. The number of halogens is 4. The summed E-state index contributed by atoms with van der Waals surface area (Å²) in [5.41, 5.74) is 1.49. The van der Waals surface area contributed by atoms with Crippen molar-refractivity contribution in [1.29, 1.82) is 0 Å². The summed E-state index contributed by atoms with van der Waals surface area (Å²) in [6.07, 6.45) is -4.33. The van der Waals surface area contributed by atoms with Crippen LogP contribution in [0.2, 0.25) is 0 Å². The number of nitrogens with zero attached hydrogens (tertiary/aromatic N) is 3. The predicted octanol–water partition coefficient (Wildman–Crippen LogP) is 2.41. The Labute approximate surface area is 146 Å². The Morgan fingerprint density at radius 3 is 2.58 bits per heavy atom. The minimum Gasteiger partial charge on any atom is -0.339 e. The van der Waals surface area contributed by atoms with Gasteiger partial charge in [-0.2, -0.15) is 18.3 Å². The van der Waals surface area contributed by atoms with Gasteiger partial charge in [0.15, 0.2) is 0 Å². The Morgan fingerprint density at radius 1 is 1.42 bits per heavy atom. The third-order valence-electron chi connectivity index (χ3n) is 4.25.